The van der Waals surface area contributed by atoms with E-state index in [9.17, 15) is 5.21 Å². The van der Waals surface area contributed by atoms with Gasteiger partial charge in [0.05, 0.1) is 5.56 Å². The molecule has 0 saturated heterocycles. The summed E-state index contributed by atoms with van der Waals surface area (Å²) in [5.74, 6) is 0.714. The Bertz CT molecular complexity index is 613. The Kier molecular flexibility index (Phi) is 4.63. The number of hydrogen-bond acceptors (Lipinski definition) is 2. The third-order valence-corrected chi connectivity index (χ3v) is 3.07. The summed E-state index contributed by atoms with van der Waals surface area (Å²) in [6.07, 6.45) is 1.58. The van der Waals surface area contributed by atoms with Crippen molar-refractivity contribution in [2.75, 3.05) is 0 Å². The van der Waals surface area contributed by atoms with E-state index in [4.69, 9.17) is 4.74 Å². The highest BCUT2D eigenvalue weighted by atomic mass is 16.5. The molecular formula is C18H21NO2. The molecule has 0 unspecified atom stereocenters. The normalized spacial score (nSPS) is 12.2. The standard InChI is InChI=1S/C18H21NO2/c1-18(2,3)19(20)13-16-11-7-8-12-17(16)21-14-15-9-5-4-6-10-15/h4-13H,14H2,1-3H3. The molecule has 3 nitrogen and oxygen atoms in total. The summed E-state index contributed by atoms with van der Waals surface area (Å²) in [4.78, 5) is 0. The lowest BCUT2D eigenvalue weighted by atomic mass is 10.1. The zero-order valence-electron chi connectivity index (χ0n) is 12.7. The molecule has 0 aliphatic rings. The highest BCUT2D eigenvalue weighted by Crippen LogP contribution is 2.18. The number of nitrogens with zero attached hydrogens (tertiary/aromatic N) is 1. The highest BCUT2D eigenvalue weighted by Gasteiger charge is 2.18. The van der Waals surface area contributed by atoms with Gasteiger partial charge in [-0.05, 0) is 17.7 Å². The van der Waals surface area contributed by atoms with Crippen LogP contribution < -0.4 is 4.74 Å². The van der Waals surface area contributed by atoms with E-state index in [0.29, 0.717) is 12.4 Å². The Morgan fingerprint density at radius 2 is 1.62 bits per heavy atom. The van der Waals surface area contributed by atoms with E-state index in [1.54, 1.807) is 6.21 Å². The smallest absolute Gasteiger partial charge is 0.186 e. The molecule has 0 radical (unpaired) electrons. The number of ether oxygens (including phenoxy) is 1. The van der Waals surface area contributed by atoms with Gasteiger partial charge in [0.25, 0.3) is 0 Å². The van der Waals surface area contributed by atoms with Gasteiger partial charge in [0, 0.05) is 20.8 Å². The van der Waals surface area contributed by atoms with Crippen LogP contribution >= 0.6 is 0 Å². The van der Waals surface area contributed by atoms with E-state index in [-0.39, 0.29) is 0 Å². The van der Waals surface area contributed by atoms with E-state index in [1.807, 2.05) is 75.4 Å². The zero-order chi connectivity index (χ0) is 15.3. The summed E-state index contributed by atoms with van der Waals surface area (Å²) in [7, 11) is 0. The predicted molar refractivity (Wildman–Crippen MR) is 85.8 cm³/mol. The van der Waals surface area contributed by atoms with Crippen molar-refractivity contribution >= 4 is 6.21 Å². The predicted octanol–water partition coefficient (Wildman–Crippen LogP) is 3.99. The van der Waals surface area contributed by atoms with E-state index >= 15 is 0 Å². The minimum atomic E-state index is -0.466. The average molecular weight is 283 g/mol. The van der Waals surface area contributed by atoms with Crippen LogP contribution in [0.1, 0.15) is 31.9 Å². The van der Waals surface area contributed by atoms with Crippen molar-refractivity contribution in [3.63, 3.8) is 0 Å². The van der Waals surface area contributed by atoms with Crippen molar-refractivity contribution in [2.45, 2.75) is 32.9 Å². The van der Waals surface area contributed by atoms with Crippen molar-refractivity contribution in [1.29, 1.82) is 0 Å². The van der Waals surface area contributed by atoms with Gasteiger partial charge < -0.3 is 9.94 Å². The fourth-order valence-corrected chi connectivity index (χ4v) is 1.77. The molecule has 0 heterocycles. The fourth-order valence-electron chi connectivity index (χ4n) is 1.77. The SMILES string of the molecule is CC(C)(C)[N+]([O-])=Cc1ccccc1OCc1ccccc1. The van der Waals surface area contributed by atoms with Crippen LogP contribution in [0.3, 0.4) is 0 Å². The van der Waals surface area contributed by atoms with Crippen LogP contribution in [0.15, 0.2) is 54.6 Å². The first-order valence-corrected chi connectivity index (χ1v) is 7.04. The lowest BCUT2D eigenvalue weighted by Gasteiger charge is -2.19. The van der Waals surface area contributed by atoms with Crippen molar-refractivity contribution in [1.82, 2.24) is 0 Å². The Morgan fingerprint density at radius 3 is 2.29 bits per heavy atom. The van der Waals surface area contributed by atoms with Gasteiger partial charge in [-0.25, -0.2) is 4.74 Å². The van der Waals surface area contributed by atoms with Crippen LogP contribution in [-0.4, -0.2) is 16.5 Å². The van der Waals surface area contributed by atoms with Crippen LogP contribution in [0.4, 0.5) is 0 Å². The Morgan fingerprint density at radius 1 is 1.00 bits per heavy atom. The quantitative estimate of drug-likeness (QED) is 0.368. The maximum absolute atomic E-state index is 12.1. The van der Waals surface area contributed by atoms with Crippen molar-refractivity contribution in [3.05, 3.63) is 70.9 Å². The van der Waals surface area contributed by atoms with Gasteiger partial charge in [-0.1, -0.05) is 42.5 Å². The first-order chi connectivity index (χ1) is 9.97. The molecule has 0 aliphatic carbocycles. The average Bonchev–Trinajstić information content (AvgIpc) is 2.46. The second-order valence-corrected chi connectivity index (χ2v) is 5.94. The topological polar surface area (TPSA) is 35.3 Å². The largest absolute Gasteiger partial charge is 0.623 e. The van der Waals surface area contributed by atoms with E-state index in [2.05, 4.69) is 0 Å². The zero-order valence-corrected chi connectivity index (χ0v) is 12.7. The van der Waals surface area contributed by atoms with Crippen molar-refractivity contribution in [2.24, 2.45) is 0 Å². The first-order valence-electron chi connectivity index (χ1n) is 7.04. The number of hydrogen-bond donors (Lipinski definition) is 0. The summed E-state index contributed by atoms with van der Waals surface area (Å²) in [5.41, 5.74) is 1.42. The Labute approximate surface area is 126 Å². The van der Waals surface area contributed by atoms with Crippen LogP contribution in [0.2, 0.25) is 0 Å². The van der Waals surface area contributed by atoms with Gasteiger partial charge in [0.2, 0.25) is 0 Å². The minimum absolute atomic E-state index is 0.466. The molecular weight excluding hydrogens is 262 g/mol. The Balaban J connectivity index is 2.18. The summed E-state index contributed by atoms with van der Waals surface area (Å²) in [5, 5.41) is 12.1. The van der Waals surface area contributed by atoms with Crippen LogP contribution in [0, 0.1) is 5.21 Å². The van der Waals surface area contributed by atoms with Gasteiger partial charge in [0.1, 0.15) is 12.4 Å². The summed E-state index contributed by atoms with van der Waals surface area (Å²) in [6.45, 7) is 6.12. The molecule has 0 fully saturated rings. The second-order valence-electron chi connectivity index (χ2n) is 5.94. The van der Waals surface area contributed by atoms with Crippen LogP contribution in [-0.2, 0) is 6.61 Å². The number of benzene rings is 2. The molecule has 2 aromatic rings. The molecule has 3 heteroatoms. The number of para-hydroxylation sites is 1. The maximum atomic E-state index is 12.1. The van der Waals surface area contributed by atoms with Gasteiger partial charge >= 0.3 is 0 Å². The molecule has 21 heavy (non-hydrogen) atoms. The lowest BCUT2D eigenvalue weighted by molar-refractivity contribution is -0.530. The monoisotopic (exact) mass is 283 g/mol. The van der Waals surface area contributed by atoms with Gasteiger partial charge in [-0.15, -0.1) is 0 Å². The molecule has 0 amide bonds. The fraction of sp³-hybridized carbons (Fsp3) is 0.278. The van der Waals surface area contributed by atoms with Gasteiger partial charge in [-0.2, -0.15) is 0 Å². The molecule has 2 aromatic carbocycles. The van der Waals surface area contributed by atoms with Crippen molar-refractivity contribution < 1.29 is 9.48 Å². The highest BCUT2D eigenvalue weighted by molar-refractivity contribution is 5.80. The molecule has 0 aliphatic heterocycles. The molecule has 0 atom stereocenters. The van der Waals surface area contributed by atoms with Crippen LogP contribution in [0.25, 0.3) is 0 Å². The molecule has 2 rings (SSSR count). The lowest BCUT2D eigenvalue weighted by Crippen LogP contribution is -2.29. The minimum Gasteiger partial charge on any atom is -0.623 e. The van der Waals surface area contributed by atoms with E-state index in [1.165, 1.54) is 0 Å². The molecule has 0 saturated carbocycles. The Hall–Kier alpha value is -2.29. The molecule has 110 valence electrons. The second kappa shape index (κ2) is 6.44. The summed E-state index contributed by atoms with van der Waals surface area (Å²) >= 11 is 0. The van der Waals surface area contributed by atoms with Crippen LogP contribution in [0.5, 0.6) is 5.75 Å². The third kappa shape index (κ3) is 4.35. The summed E-state index contributed by atoms with van der Waals surface area (Å²) in [6, 6.07) is 17.5. The number of rotatable bonds is 4. The molecule has 0 N–H and O–H groups in total. The summed E-state index contributed by atoms with van der Waals surface area (Å²) < 4.78 is 6.80. The van der Waals surface area contributed by atoms with Gasteiger partial charge in [-0.3, -0.25) is 0 Å². The van der Waals surface area contributed by atoms with Gasteiger partial charge in [0.15, 0.2) is 11.8 Å². The molecule has 0 bridgehead atoms. The van der Waals surface area contributed by atoms with E-state index < -0.39 is 5.54 Å². The molecule has 0 aromatic heterocycles. The molecule has 0 spiro atoms. The van der Waals surface area contributed by atoms with Crippen molar-refractivity contribution in [3.8, 4) is 5.75 Å². The maximum Gasteiger partial charge on any atom is 0.186 e. The number of hydroxylamine groups is 1. The first kappa shape index (κ1) is 15.1. The third-order valence-electron chi connectivity index (χ3n) is 3.07. The van der Waals surface area contributed by atoms with E-state index in [0.717, 1.165) is 15.9 Å².